The van der Waals surface area contributed by atoms with Crippen LogP contribution < -0.4 is 15.4 Å². The van der Waals surface area contributed by atoms with E-state index in [9.17, 15) is 19.2 Å². The normalized spacial score (nSPS) is 21.0. The van der Waals surface area contributed by atoms with Crippen molar-refractivity contribution in [1.82, 2.24) is 40.4 Å². The summed E-state index contributed by atoms with van der Waals surface area (Å²) in [6.07, 6.45) is 1.82. The summed E-state index contributed by atoms with van der Waals surface area (Å²) >= 11 is 0. The molecule has 7 atom stereocenters. The van der Waals surface area contributed by atoms with Gasteiger partial charge in [0.05, 0.1) is 55.8 Å². The Hall–Kier alpha value is -6.94. The molecule has 3 aliphatic rings. The topological polar surface area (TPSA) is 193 Å². The molecular weight excluding hydrogens is 841 g/mol. The Morgan fingerprint density at radius 2 is 1.62 bits per heavy atom. The maximum absolute atomic E-state index is 14.3. The van der Waals surface area contributed by atoms with E-state index < -0.39 is 24.3 Å². The predicted octanol–water partition coefficient (Wildman–Crippen LogP) is 7.98. The van der Waals surface area contributed by atoms with E-state index in [1.54, 1.807) is 18.2 Å². The molecule has 2 saturated heterocycles. The predicted molar refractivity (Wildman–Crippen MR) is 247 cm³/mol. The van der Waals surface area contributed by atoms with Gasteiger partial charge in [-0.05, 0) is 83.5 Å². The van der Waals surface area contributed by atoms with Crippen molar-refractivity contribution in [2.75, 3.05) is 34.5 Å². The van der Waals surface area contributed by atoms with E-state index in [1.807, 2.05) is 55.1 Å². The SMILES string of the molecule is COC[C@H]1C[C@@H](c2ncc(-c3ccc4c(c3)COc3cc5c(ccc6[nH]c([C@@H]7C[C@H](C)[C@H](C)N7C(=O)[C@@H](NC(=O)OC)C(C)C)nc65)cc3-4)[nH]2)N(C(=O)[C@H](NC(=O)OC)c2ccccc2)C1. The largest absolute Gasteiger partial charge is 0.488 e. The molecule has 0 radical (unpaired) electrons. The fraction of sp³-hybridized carbons (Fsp3) is 0.400. The average Bonchev–Trinajstić information content (AvgIpc) is 4.14. The minimum Gasteiger partial charge on any atom is -0.488 e. The number of amides is 4. The van der Waals surface area contributed by atoms with Gasteiger partial charge in [-0.2, -0.15) is 0 Å². The number of aromatic amines is 2. The van der Waals surface area contributed by atoms with Gasteiger partial charge in [-0.25, -0.2) is 19.6 Å². The lowest BCUT2D eigenvalue weighted by Crippen LogP contribution is -2.53. The summed E-state index contributed by atoms with van der Waals surface area (Å²) in [6, 6.07) is 21.3. The van der Waals surface area contributed by atoms with Crippen LogP contribution >= 0.6 is 0 Å². The molecule has 0 bridgehead atoms. The molecule has 66 heavy (non-hydrogen) atoms. The average molecular weight is 897 g/mol. The van der Waals surface area contributed by atoms with E-state index in [1.165, 1.54) is 14.2 Å². The fourth-order valence-electron chi connectivity index (χ4n) is 10.0. The summed E-state index contributed by atoms with van der Waals surface area (Å²) in [5.41, 5.74) is 7.08. The van der Waals surface area contributed by atoms with E-state index in [0.29, 0.717) is 43.4 Å². The molecule has 3 aliphatic heterocycles. The van der Waals surface area contributed by atoms with Crippen molar-refractivity contribution in [3.63, 3.8) is 0 Å². The number of carbonyl (C=O) groups is 4. The second-order valence-corrected chi connectivity index (χ2v) is 18.1. The second kappa shape index (κ2) is 18.1. The maximum atomic E-state index is 14.3. The van der Waals surface area contributed by atoms with E-state index in [4.69, 9.17) is 28.9 Å². The molecule has 0 unspecified atom stereocenters. The molecule has 4 aromatic carbocycles. The van der Waals surface area contributed by atoms with Gasteiger partial charge >= 0.3 is 12.2 Å². The lowest BCUT2D eigenvalue weighted by molar-refractivity contribution is -0.137. The number of fused-ring (bicyclic) bond motifs is 6. The lowest BCUT2D eigenvalue weighted by Gasteiger charge is -2.33. The summed E-state index contributed by atoms with van der Waals surface area (Å²) < 4.78 is 21.7. The fourth-order valence-corrected chi connectivity index (χ4v) is 10.0. The first-order valence-corrected chi connectivity index (χ1v) is 22.5. The number of imidazole rings is 2. The molecule has 0 spiro atoms. The lowest BCUT2D eigenvalue weighted by atomic mass is 9.92. The van der Waals surface area contributed by atoms with Crippen molar-refractivity contribution in [2.24, 2.45) is 17.8 Å². The summed E-state index contributed by atoms with van der Waals surface area (Å²) in [7, 11) is 4.22. The number of rotatable bonds is 11. The number of ether oxygens (including phenoxy) is 4. The summed E-state index contributed by atoms with van der Waals surface area (Å²) in [4.78, 5) is 73.8. The van der Waals surface area contributed by atoms with Gasteiger partial charge in [0.25, 0.3) is 5.91 Å². The van der Waals surface area contributed by atoms with Crippen molar-refractivity contribution < 1.29 is 38.1 Å². The van der Waals surface area contributed by atoms with E-state index in [2.05, 4.69) is 70.8 Å². The Morgan fingerprint density at radius 1 is 0.848 bits per heavy atom. The molecule has 4 amide bonds. The summed E-state index contributed by atoms with van der Waals surface area (Å²) in [5.74, 6) is 1.81. The third kappa shape index (κ3) is 8.18. The van der Waals surface area contributed by atoms with Gasteiger partial charge in [-0.1, -0.05) is 69.3 Å². The number of nitrogens with zero attached hydrogens (tertiary/aromatic N) is 4. The van der Waals surface area contributed by atoms with Crippen molar-refractivity contribution in [1.29, 1.82) is 0 Å². The van der Waals surface area contributed by atoms with Crippen LogP contribution in [0.5, 0.6) is 5.75 Å². The van der Waals surface area contributed by atoms with Crippen molar-refractivity contribution in [3.8, 4) is 28.1 Å². The minimum atomic E-state index is -0.949. The number of benzene rings is 4. The van der Waals surface area contributed by atoms with Gasteiger partial charge in [0.1, 0.15) is 36.1 Å². The zero-order chi connectivity index (χ0) is 46.4. The number of alkyl carbamates (subject to hydrolysis) is 2. The van der Waals surface area contributed by atoms with Gasteiger partial charge < -0.3 is 49.3 Å². The number of hydrogen-bond donors (Lipinski definition) is 4. The quantitative estimate of drug-likeness (QED) is 0.0991. The minimum absolute atomic E-state index is 0.0666. The van der Waals surface area contributed by atoms with Crippen LogP contribution in [-0.4, -0.2) is 100 Å². The molecule has 5 heterocycles. The van der Waals surface area contributed by atoms with E-state index in [-0.39, 0.29) is 47.7 Å². The highest BCUT2D eigenvalue weighted by Crippen LogP contribution is 2.45. The highest BCUT2D eigenvalue weighted by atomic mass is 16.5. The molecule has 16 nitrogen and oxygen atoms in total. The van der Waals surface area contributed by atoms with Crippen LogP contribution in [-0.2, 0) is 30.4 Å². The van der Waals surface area contributed by atoms with E-state index >= 15 is 0 Å². The number of likely N-dealkylation sites (tertiary alicyclic amines) is 2. The first-order chi connectivity index (χ1) is 31.9. The molecule has 0 saturated carbocycles. The number of methoxy groups -OCH3 is 3. The van der Waals surface area contributed by atoms with Crippen LogP contribution in [0.4, 0.5) is 9.59 Å². The van der Waals surface area contributed by atoms with Crippen molar-refractivity contribution in [3.05, 3.63) is 102 Å². The van der Waals surface area contributed by atoms with Gasteiger partial charge in [0, 0.05) is 36.6 Å². The standard InChI is InChI=1S/C50H56N8O8/c1-26(2)42(55-49(61)64-6)48(60)58-28(4)27(3)17-40(58)46-52-37-16-14-31-20-36-34-15-13-32(19-33(34)25-66-41(36)21-35(31)44(37)54-46)38-22-51-45(53-38)39-18-29(24-63-5)23-57(39)47(59)43(56-50(62)65-7)30-11-9-8-10-12-30/h8-16,19-22,26-29,39-40,42-43H,17-18,23-25H2,1-7H3,(H,51,53)(H,52,54)(H,55,61)(H,56,62)/t27-,28-,29-,39-,40-,42-,43+/m0/s1. The number of hydrogen-bond acceptors (Lipinski definition) is 10. The van der Waals surface area contributed by atoms with E-state index in [0.717, 1.165) is 61.9 Å². The maximum Gasteiger partial charge on any atom is 0.407 e. The third-order valence-electron chi connectivity index (χ3n) is 13.6. The molecule has 0 aliphatic carbocycles. The molecule has 2 fully saturated rings. The Labute approximate surface area is 382 Å². The second-order valence-electron chi connectivity index (χ2n) is 18.1. The van der Waals surface area contributed by atoms with Crippen LogP contribution in [0.2, 0.25) is 0 Å². The highest BCUT2D eigenvalue weighted by molar-refractivity contribution is 6.07. The Bertz CT molecular complexity index is 2810. The molecule has 344 valence electrons. The van der Waals surface area contributed by atoms with Gasteiger partial charge in [-0.15, -0.1) is 0 Å². The first kappa shape index (κ1) is 44.3. The molecule has 16 heteroatoms. The first-order valence-electron chi connectivity index (χ1n) is 22.5. The van der Waals surface area contributed by atoms with Crippen LogP contribution in [0.3, 0.4) is 0 Å². The molecule has 2 aromatic heterocycles. The third-order valence-corrected chi connectivity index (χ3v) is 13.6. The zero-order valence-corrected chi connectivity index (χ0v) is 38.2. The Balaban J connectivity index is 0.981. The van der Waals surface area contributed by atoms with Crippen molar-refractivity contribution in [2.45, 2.75) is 77.4 Å². The molecule has 6 aromatic rings. The van der Waals surface area contributed by atoms with Gasteiger partial charge in [0.15, 0.2) is 0 Å². The smallest absolute Gasteiger partial charge is 0.407 e. The Morgan fingerprint density at radius 3 is 2.36 bits per heavy atom. The zero-order valence-electron chi connectivity index (χ0n) is 38.2. The Kier molecular flexibility index (Phi) is 12.2. The van der Waals surface area contributed by atoms with Crippen LogP contribution in [0, 0.1) is 17.8 Å². The monoisotopic (exact) mass is 896 g/mol. The highest BCUT2D eigenvalue weighted by Gasteiger charge is 2.45. The van der Waals surface area contributed by atoms with Gasteiger partial charge in [-0.3, -0.25) is 9.59 Å². The number of nitrogens with one attached hydrogen (secondary N) is 4. The molecule has 4 N–H and O–H groups in total. The molecular formula is C50H56N8O8. The number of H-pyrrole nitrogens is 2. The van der Waals surface area contributed by atoms with Crippen LogP contribution in [0.25, 0.3) is 44.2 Å². The van der Waals surface area contributed by atoms with Gasteiger partial charge in [0.2, 0.25) is 5.91 Å². The summed E-state index contributed by atoms with van der Waals surface area (Å²) in [5, 5.41) is 7.43. The van der Waals surface area contributed by atoms with Crippen LogP contribution in [0.1, 0.15) is 81.4 Å². The van der Waals surface area contributed by atoms with Crippen LogP contribution in [0.15, 0.2) is 79.0 Å². The molecule has 9 rings (SSSR count). The summed E-state index contributed by atoms with van der Waals surface area (Å²) in [6.45, 7) is 9.28. The number of carbonyl (C=O) groups excluding carboxylic acids is 4. The van der Waals surface area contributed by atoms with Crippen molar-refractivity contribution >= 4 is 45.8 Å². The number of aromatic nitrogens is 4.